The molecule has 1 aromatic heterocycles. The molecule has 0 atom stereocenters. The summed E-state index contributed by atoms with van der Waals surface area (Å²) in [6.07, 6.45) is 0. The smallest absolute Gasteiger partial charge is 0.119 e. The highest BCUT2D eigenvalue weighted by Crippen LogP contribution is 2.23. The van der Waals surface area contributed by atoms with Crippen molar-refractivity contribution in [2.45, 2.75) is 6.54 Å². The van der Waals surface area contributed by atoms with Crippen LogP contribution in [0.3, 0.4) is 0 Å². The SMILES string of the molecule is N#Cc1ccc(OCCN2CCN(Cc3ccc(Cl)s3)CC2)cc1. The van der Waals surface area contributed by atoms with Crippen LogP contribution in [0.4, 0.5) is 0 Å². The zero-order chi connectivity index (χ0) is 16.8. The topological polar surface area (TPSA) is 39.5 Å². The standard InChI is InChI=1S/C18H20ClN3OS/c19-18-6-5-17(24-18)14-22-9-7-21(8-10-22)11-12-23-16-3-1-15(13-20)2-4-16/h1-6H,7-12,14H2. The number of hydrogen-bond donors (Lipinski definition) is 0. The van der Waals surface area contributed by atoms with Crippen molar-refractivity contribution in [2.24, 2.45) is 0 Å². The number of benzene rings is 1. The maximum Gasteiger partial charge on any atom is 0.119 e. The van der Waals surface area contributed by atoms with Gasteiger partial charge in [0.05, 0.1) is 16.0 Å². The second-order valence-corrected chi connectivity index (χ2v) is 7.61. The van der Waals surface area contributed by atoms with Crippen LogP contribution < -0.4 is 4.74 Å². The third-order valence-corrected chi connectivity index (χ3v) is 5.35. The van der Waals surface area contributed by atoms with Gasteiger partial charge in [-0.2, -0.15) is 5.26 Å². The van der Waals surface area contributed by atoms with E-state index in [1.807, 2.05) is 18.2 Å². The van der Waals surface area contributed by atoms with Gasteiger partial charge in [0, 0.05) is 44.1 Å². The summed E-state index contributed by atoms with van der Waals surface area (Å²) in [6, 6.07) is 13.5. The molecule has 126 valence electrons. The zero-order valence-electron chi connectivity index (χ0n) is 13.4. The Bertz CT molecular complexity index is 687. The number of halogens is 1. The van der Waals surface area contributed by atoms with Crippen molar-refractivity contribution in [3.05, 3.63) is 51.2 Å². The fraction of sp³-hybridized carbons (Fsp3) is 0.389. The third kappa shape index (κ3) is 4.96. The monoisotopic (exact) mass is 361 g/mol. The second kappa shape index (κ2) is 8.50. The number of rotatable bonds is 6. The lowest BCUT2D eigenvalue weighted by atomic mass is 10.2. The Kier molecular flexibility index (Phi) is 6.11. The quantitative estimate of drug-likeness (QED) is 0.789. The van der Waals surface area contributed by atoms with Crippen molar-refractivity contribution in [2.75, 3.05) is 39.3 Å². The Morgan fingerprint density at radius 1 is 1.04 bits per heavy atom. The highest BCUT2D eigenvalue weighted by atomic mass is 35.5. The summed E-state index contributed by atoms with van der Waals surface area (Å²) in [5.74, 6) is 0.821. The van der Waals surface area contributed by atoms with Crippen LogP contribution in [0, 0.1) is 11.3 Å². The molecule has 3 rings (SSSR count). The van der Waals surface area contributed by atoms with Crippen molar-refractivity contribution in [1.82, 2.24) is 9.80 Å². The van der Waals surface area contributed by atoms with Gasteiger partial charge in [0.2, 0.25) is 0 Å². The molecule has 0 spiro atoms. The average Bonchev–Trinajstić information content (AvgIpc) is 3.02. The minimum Gasteiger partial charge on any atom is -0.492 e. The van der Waals surface area contributed by atoms with Crippen molar-refractivity contribution in [1.29, 1.82) is 5.26 Å². The minimum absolute atomic E-state index is 0.658. The van der Waals surface area contributed by atoms with Gasteiger partial charge in [-0.05, 0) is 36.4 Å². The van der Waals surface area contributed by atoms with Gasteiger partial charge in [0.15, 0.2) is 0 Å². The van der Waals surface area contributed by atoms with E-state index >= 15 is 0 Å². The van der Waals surface area contributed by atoms with E-state index in [0.29, 0.717) is 12.2 Å². The fourth-order valence-electron chi connectivity index (χ4n) is 2.75. The predicted molar refractivity (Wildman–Crippen MR) is 97.7 cm³/mol. The molecule has 0 amide bonds. The first-order chi connectivity index (χ1) is 11.7. The van der Waals surface area contributed by atoms with Crippen molar-refractivity contribution in [3.63, 3.8) is 0 Å². The van der Waals surface area contributed by atoms with E-state index in [-0.39, 0.29) is 0 Å². The molecular weight excluding hydrogens is 342 g/mol. The Labute approximate surface area is 151 Å². The summed E-state index contributed by atoms with van der Waals surface area (Å²) in [7, 11) is 0. The van der Waals surface area contributed by atoms with Crippen molar-refractivity contribution >= 4 is 22.9 Å². The van der Waals surface area contributed by atoms with Gasteiger partial charge < -0.3 is 4.74 Å². The Balaban J connectivity index is 1.35. The molecule has 0 bridgehead atoms. The molecule has 6 heteroatoms. The molecule has 0 aliphatic carbocycles. The molecule has 1 saturated heterocycles. The lowest BCUT2D eigenvalue weighted by molar-refractivity contribution is 0.113. The summed E-state index contributed by atoms with van der Waals surface area (Å²) in [5, 5.41) is 8.78. The van der Waals surface area contributed by atoms with Crippen LogP contribution in [0.5, 0.6) is 5.75 Å². The van der Waals surface area contributed by atoms with Crippen LogP contribution in [0.1, 0.15) is 10.4 Å². The molecule has 1 fully saturated rings. The van der Waals surface area contributed by atoms with Crippen LogP contribution in [-0.4, -0.2) is 49.1 Å². The van der Waals surface area contributed by atoms with Crippen LogP contribution >= 0.6 is 22.9 Å². The Morgan fingerprint density at radius 3 is 2.38 bits per heavy atom. The number of nitriles is 1. The molecule has 1 aliphatic heterocycles. The number of hydrogen-bond acceptors (Lipinski definition) is 5. The van der Waals surface area contributed by atoms with Crippen molar-refractivity contribution in [3.8, 4) is 11.8 Å². The van der Waals surface area contributed by atoms with Gasteiger partial charge in [0.1, 0.15) is 12.4 Å². The minimum atomic E-state index is 0.658. The maximum atomic E-state index is 8.78. The molecular formula is C18H20ClN3OS. The largest absolute Gasteiger partial charge is 0.492 e. The highest BCUT2D eigenvalue weighted by molar-refractivity contribution is 7.16. The number of nitrogens with zero attached hydrogens (tertiary/aromatic N) is 3. The number of thiophene rings is 1. The highest BCUT2D eigenvalue weighted by Gasteiger charge is 2.17. The van der Waals surface area contributed by atoms with E-state index in [9.17, 15) is 0 Å². The van der Waals surface area contributed by atoms with Gasteiger partial charge in [-0.3, -0.25) is 9.80 Å². The van der Waals surface area contributed by atoms with Gasteiger partial charge >= 0.3 is 0 Å². The van der Waals surface area contributed by atoms with Crippen LogP contribution in [0.2, 0.25) is 4.34 Å². The molecule has 1 aliphatic rings. The average molecular weight is 362 g/mol. The summed E-state index contributed by atoms with van der Waals surface area (Å²) in [5.41, 5.74) is 0.658. The van der Waals surface area contributed by atoms with Crippen LogP contribution in [0.15, 0.2) is 36.4 Å². The van der Waals surface area contributed by atoms with E-state index in [2.05, 4.69) is 21.9 Å². The molecule has 0 saturated carbocycles. The van der Waals surface area contributed by atoms with E-state index < -0.39 is 0 Å². The van der Waals surface area contributed by atoms with Gasteiger partial charge in [-0.15, -0.1) is 11.3 Å². The van der Waals surface area contributed by atoms with E-state index in [1.165, 1.54) is 4.88 Å². The molecule has 2 aromatic rings. The Hall–Kier alpha value is -1.58. The van der Waals surface area contributed by atoms with Crippen molar-refractivity contribution < 1.29 is 4.74 Å². The first-order valence-electron chi connectivity index (χ1n) is 8.05. The molecule has 24 heavy (non-hydrogen) atoms. The maximum absolute atomic E-state index is 8.78. The molecule has 0 unspecified atom stereocenters. The number of piperazine rings is 1. The summed E-state index contributed by atoms with van der Waals surface area (Å²) in [6.45, 7) is 6.88. The van der Waals surface area contributed by atoms with Gasteiger partial charge in [0.25, 0.3) is 0 Å². The second-order valence-electron chi connectivity index (χ2n) is 5.81. The third-order valence-electron chi connectivity index (χ3n) is 4.13. The number of ether oxygens (including phenoxy) is 1. The lowest BCUT2D eigenvalue weighted by Crippen LogP contribution is -2.46. The van der Waals surface area contributed by atoms with Crippen LogP contribution in [-0.2, 0) is 6.54 Å². The molecule has 4 nitrogen and oxygen atoms in total. The molecule has 1 aromatic carbocycles. The predicted octanol–water partition coefficient (Wildman–Crippen LogP) is 3.47. The van der Waals surface area contributed by atoms with Crippen LogP contribution in [0.25, 0.3) is 0 Å². The zero-order valence-corrected chi connectivity index (χ0v) is 15.0. The normalized spacial score (nSPS) is 16.0. The summed E-state index contributed by atoms with van der Waals surface area (Å²) >= 11 is 7.65. The van der Waals surface area contributed by atoms with Gasteiger partial charge in [-0.1, -0.05) is 11.6 Å². The molecule has 0 N–H and O–H groups in total. The van der Waals surface area contributed by atoms with E-state index in [1.54, 1.807) is 23.5 Å². The van der Waals surface area contributed by atoms with Gasteiger partial charge in [-0.25, -0.2) is 0 Å². The summed E-state index contributed by atoms with van der Waals surface area (Å²) in [4.78, 5) is 6.24. The van der Waals surface area contributed by atoms with E-state index in [0.717, 1.165) is 49.4 Å². The lowest BCUT2D eigenvalue weighted by Gasteiger charge is -2.34. The fourth-order valence-corrected chi connectivity index (χ4v) is 3.88. The molecule has 0 radical (unpaired) electrons. The molecule has 2 heterocycles. The first kappa shape index (κ1) is 17.2. The summed E-state index contributed by atoms with van der Waals surface area (Å²) < 4.78 is 6.62. The first-order valence-corrected chi connectivity index (χ1v) is 9.24. The Morgan fingerprint density at radius 2 is 1.75 bits per heavy atom. The van der Waals surface area contributed by atoms with E-state index in [4.69, 9.17) is 21.6 Å².